The van der Waals surface area contributed by atoms with Gasteiger partial charge < -0.3 is 14.8 Å². The van der Waals surface area contributed by atoms with Crippen molar-refractivity contribution in [1.82, 2.24) is 4.98 Å². The summed E-state index contributed by atoms with van der Waals surface area (Å²) in [7, 11) is 0. The van der Waals surface area contributed by atoms with Gasteiger partial charge >= 0.3 is 6.61 Å². The summed E-state index contributed by atoms with van der Waals surface area (Å²) in [5.74, 6) is 0.542. The number of halogens is 2. The number of hydrogen-bond donors (Lipinski definition) is 1. The van der Waals surface area contributed by atoms with Crippen LogP contribution in [0, 0.1) is 6.61 Å². The second-order valence-corrected chi connectivity index (χ2v) is 3.62. The van der Waals surface area contributed by atoms with Gasteiger partial charge in [-0.15, -0.1) is 0 Å². The minimum atomic E-state index is -2.83. The predicted octanol–water partition coefficient (Wildman–Crippen LogP) is 2.78. The van der Waals surface area contributed by atoms with E-state index in [0.29, 0.717) is 5.82 Å². The summed E-state index contributed by atoms with van der Waals surface area (Å²) in [6, 6.07) is 2.80. The minimum Gasteiger partial charge on any atom is -0.435 e. The van der Waals surface area contributed by atoms with E-state index in [1.165, 1.54) is 18.3 Å². The van der Waals surface area contributed by atoms with E-state index in [0.717, 1.165) is 19.3 Å². The van der Waals surface area contributed by atoms with E-state index in [2.05, 4.69) is 15.0 Å². The van der Waals surface area contributed by atoms with E-state index >= 15 is 0 Å². The number of rotatable bonds is 4. The van der Waals surface area contributed by atoms with E-state index in [-0.39, 0.29) is 12.0 Å². The Morgan fingerprint density at radius 1 is 1.53 bits per heavy atom. The summed E-state index contributed by atoms with van der Waals surface area (Å²) in [5.41, 5.74) is 0. The molecule has 93 valence electrons. The summed E-state index contributed by atoms with van der Waals surface area (Å²) >= 11 is 0. The third-order valence-electron chi connectivity index (χ3n) is 2.31. The molecule has 1 aliphatic rings. The molecule has 1 atom stereocenters. The normalized spacial score (nSPS) is 20.3. The molecule has 1 radical (unpaired) electrons. The number of pyridine rings is 1. The number of hydrogen-bond acceptors (Lipinski definition) is 4. The molecule has 0 amide bonds. The second-order valence-electron chi connectivity index (χ2n) is 3.62. The Bertz CT molecular complexity index is 357. The van der Waals surface area contributed by atoms with Crippen molar-refractivity contribution in [2.24, 2.45) is 0 Å². The Labute approximate surface area is 97.9 Å². The maximum Gasteiger partial charge on any atom is 0.387 e. The first-order valence-corrected chi connectivity index (χ1v) is 5.38. The van der Waals surface area contributed by atoms with Crippen LogP contribution in [0.2, 0.25) is 0 Å². The zero-order chi connectivity index (χ0) is 12.1. The molecule has 4 nitrogen and oxygen atoms in total. The molecule has 6 heteroatoms. The van der Waals surface area contributed by atoms with Crippen LogP contribution in [-0.2, 0) is 4.74 Å². The molecule has 2 heterocycles. The van der Waals surface area contributed by atoms with Crippen molar-refractivity contribution in [2.75, 3.05) is 5.32 Å². The SMILES string of the molecule is FC(F)Oc1ccnc(NC2CCC[CH]O2)c1. The van der Waals surface area contributed by atoms with Crippen LogP contribution in [-0.4, -0.2) is 17.8 Å². The number of alkyl halides is 2. The highest BCUT2D eigenvalue weighted by atomic mass is 19.3. The Balaban J connectivity index is 1.95. The van der Waals surface area contributed by atoms with Gasteiger partial charge in [0.2, 0.25) is 0 Å². The highest BCUT2D eigenvalue weighted by Gasteiger charge is 2.14. The quantitative estimate of drug-likeness (QED) is 0.883. The number of aromatic nitrogens is 1. The Kier molecular flexibility index (Phi) is 4.08. The van der Waals surface area contributed by atoms with Gasteiger partial charge in [0.05, 0.1) is 6.61 Å². The zero-order valence-corrected chi connectivity index (χ0v) is 9.11. The van der Waals surface area contributed by atoms with Gasteiger partial charge in [-0.25, -0.2) is 4.98 Å². The first kappa shape index (κ1) is 12.0. The average molecular weight is 243 g/mol. The molecule has 1 saturated heterocycles. The van der Waals surface area contributed by atoms with Gasteiger partial charge in [-0.3, -0.25) is 0 Å². The lowest BCUT2D eigenvalue weighted by atomic mass is 10.2. The van der Waals surface area contributed by atoms with Crippen molar-refractivity contribution in [3.63, 3.8) is 0 Å². The Morgan fingerprint density at radius 2 is 2.41 bits per heavy atom. The molecule has 0 bridgehead atoms. The van der Waals surface area contributed by atoms with Gasteiger partial charge in [-0.05, 0) is 25.3 Å². The Hall–Kier alpha value is -1.43. The molecule has 1 aliphatic heterocycles. The monoisotopic (exact) mass is 243 g/mol. The van der Waals surface area contributed by atoms with E-state index in [4.69, 9.17) is 4.74 Å². The van der Waals surface area contributed by atoms with Crippen LogP contribution in [0.3, 0.4) is 0 Å². The van der Waals surface area contributed by atoms with Gasteiger partial charge in [0.1, 0.15) is 17.8 Å². The van der Waals surface area contributed by atoms with E-state index < -0.39 is 6.61 Å². The van der Waals surface area contributed by atoms with Gasteiger partial charge in [-0.1, -0.05) is 0 Å². The van der Waals surface area contributed by atoms with E-state index in [1.54, 1.807) is 6.61 Å². The Morgan fingerprint density at radius 3 is 3.12 bits per heavy atom. The molecule has 1 N–H and O–H groups in total. The topological polar surface area (TPSA) is 43.4 Å². The predicted molar refractivity (Wildman–Crippen MR) is 57.5 cm³/mol. The summed E-state index contributed by atoms with van der Waals surface area (Å²) in [4.78, 5) is 4.01. The van der Waals surface area contributed by atoms with E-state index in [1.807, 2.05) is 0 Å². The summed E-state index contributed by atoms with van der Waals surface area (Å²) in [5, 5.41) is 3.01. The van der Waals surface area contributed by atoms with Crippen molar-refractivity contribution < 1.29 is 18.3 Å². The first-order valence-electron chi connectivity index (χ1n) is 5.38. The lowest BCUT2D eigenvalue weighted by molar-refractivity contribution is -0.0498. The number of ether oxygens (including phenoxy) is 2. The summed E-state index contributed by atoms with van der Waals surface area (Å²) in [6.07, 6.45) is 4.08. The fourth-order valence-electron chi connectivity index (χ4n) is 1.58. The van der Waals surface area contributed by atoms with Crippen LogP contribution in [0.5, 0.6) is 5.75 Å². The van der Waals surface area contributed by atoms with Crippen molar-refractivity contribution in [1.29, 1.82) is 0 Å². The van der Waals surface area contributed by atoms with E-state index in [9.17, 15) is 8.78 Å². The van der Waals surface area contributed by atoms with Gasteiger partial charge in [0.15, 0.2) is 0 Å². The second kappa shape index (κ2) is 5.77. The maximum absolute atomic E-state index is 12.0. The molecule has 17 heavy (non-hydrogen) atoms. The standard InChI is InChI=1S/C11H13F2N2O2/c12-11(13)17-8-4-5-14-9(7-8)15-10-3-1-2-6-16-10/h4-7,10-11H,1-3H2,(H,14,15). The number of nitrogens with zero attached hydrogens (tertiary/aromatic N) is 1. The molecule has 0 aliphatic carbocycles. The van der Waals surface area contributed by atoms with Crippen LogP contribution < -0.4 is 10.1 Å². The molecule has 1 unspecified atom stereocenters. The molecule has 1 fully saturated rings. The lowest BCUT2D eigenvalue weighted by Crippen LogP contribution is -2.25. The molecular formula is C11H13F2N2O2. The molecule has 1 aromatic heterocycles. The third-order valence-corrected chi connectivity index (χ3v) is 2.31. The van der Waals surface area contributed by atoms with Crippen molar-refractivity contribution in [3.05, 3.63) is 24.9 Å². The third kappa shape index (κ3) is 3.81. The number of nitrogens with one attached hydrogen (secondary N) is 1. The molecular weight excluding hydrogens is 230 g/mol. The van der Waals surface area contributed by atoms with Gasteiger partial charge in [-0.2, -0.15) is 8.78 Å². The molecule has 1 aromatic rings. The first-order chi connectivity index (χ1) is 8.24. The maximum atomic E-state index is 12.0. The van der Waals surface area contributed by atoms with Crippen LogP contribution in [0.4, 0.5) is 14.6 Å². The fraction of sp³-hybridized carbons (Fsp3) is 0.455. The molecule has 2 rings (SSSR count). The van der Waals surface area contributed by atoms with Crippen LogP contribution in [0.1, 0.15) is 19.3 Å². The molecule has 0 saturated carbocycles. The van der Waals surface area contributed by atoms with Crippen LogP contribution >= 0.6 is 0 Å². The largest absolute Gasteiger partial charge is 0.435 e. The van der Waals surface area contributed by atoms with Crippen LogP contribution in [0.25, 0.3) is 0 Å². The van der Waals surface area contributed by atoms with Gasteiger partial charge in [0.25, 0.3) is 0 Å². The van der Waals surface area contributed by atoms with Crippen molar-refractivity contribution >= 4 is 5.82 Å². The fourth-order valence-corrected chi connectivity index (χ4v) is 1.58. The molecule has 0 spiro atoms. The van der Waals surface area contributed by atoms with Crippen molar-refractivity contribution in [3.8, 4) is 5.75 Å². The summed E-state index contributed by atoms with van der Waals surface area (Å²) < 4.78 is 33.7. The highest BCUT2D eigenvalue weighted by Crippen LogP contribution is 2.21. The summed E-state index contributed by atoms with van der Waals surface area (Å²) in [6.45, 7) is -1.09. The number of anilines is 1. The smallest absolute Gasteiger partial charge is 0.387 e. The highest BCUT2D eigenvalue weighted by molar-refractivity contribution is 5.41. The van der Waals surface area contributed by atoms with Crippen LogP contribution in [0.15, 0.2) is 18.3 Å². The zero-order valence-electron chi connectivity index (χ0n) is 9.11. The average Bonchev–Trinajstić information content (AvgIpc) is 2.30. The van der Waals surface area contributed by atoms with Gasteiger partial charge in [0, 0.05) is 12.3 Å². The molecule has 0 aromatic carbocycles. The lowest BCUT2D eigenvalue weighted by Gasteiger charge is -2.23. The van der Waals surface area contributed by atoms with Crippen molar-refractivity contribution in [2.45, 2.75) is 32.1 Å². The minimum absolute atomic E-state index is 0.0808.